The van der Waals surface area contributed by atoms with E-state index in [-0.39, 0.29) is 10.3 Å². The fraction of sp³-hybridized carbons (Fsp3) is 0.320. The monoisotopic (exact) mass is 451 g/mol. The molecule has 168 valence electrons. The first-order chi connectivity index (χ1) is 15.2. The average Bonchev–Trinajstić information content (AvgIpc) is 3.26. The van der Waals surface area contributed by atoms with Gasteiger partial charge in [0.05, 0.1) is 4.90 Å². The number of piperidine rings is 1. The van der Waals surface area contributed by atoms with E-state index in [0.29, 0.717) is 18.0 Å². The summed E-state index contributed by atoms with van der Waals surface area (Å²) in [7, 11) is -3.62. The summed E-state index contributed by atoms with van der Waals surface area (Å²) in [6.07, 6.45) is 2.52. The quantitative estimate of drug-likeness (QED) is 0.620. The maximum Gasteiger partial charge on any atom is 0.267 e. The van der Waals surface area contributed by atoms with Gasteiger partial charge in [0.2, 0.25) is 5.91 Å². The second-order valence-electron chi connectivity index (χ2n) is 8.86. The largest absolute Gasteiger partial charge is 0.366 e. The molecular weight excluding hydrogens is 422 g/mol. The number of likely N-dealkylation sites (tertiary alicyclic amines) is 1. The predicted molar refractivity (Wildman–Crippen MR) is 125 cm³/mol. The molecule has 1 amide bonds. The van der Waals surface area contributed by atoms with Crippen LogP contribution in [0.15, 0.2) is 77.8 Å². The minimum absolute atomic E-state index is 0.0833. The van der Waals surface area contributed by atoms with Gasteiger partial charge in [0.1, 0.15) is 0 Å². The van der Waals surface area contributed by atoms with Crippen molar-refractivity contribution in [3.8, 4) is 0 Å². The Morgan fingerprint density at radius 3 is 2.53 bits per heavy atom. The Hall–Kier alpha value is -2.90. The van der Waals surface area contributed by atoms with Gasteiger partial charge in [0.15, 0.2) is 0 Å². The highest BCUT2D eigenvalue weighted by atomic mass is 32.2. The second-order valence-corrected chi connectivity index (χ2v) is 10.7. The highest BCUT2D eigenvalue weighted by Crippen LogP contribution is 2.40. The molecule has 0 aliphatic carbocycles. The van der Waals surface area contributed by atoms with Crippen LogP contribution in [0, 0.1) is 5.92 Å². The third kappa shape index (κ3) is 4.10. The van der Waals surface area contributed by atoms with Crippen LogP contribution in [-0.2, 0) is 22.0 Å². The molecule has 1 aliphatic rings. The molecule has 32 heavy (non-hydrogen) atoms. The first kappa shape index (κ1) is 22.3. The summed E-state index contributed by atoms with van der Waals surface area (Å²) in [5, 5.41) is 0. The minimum atomic E-state index is -3.62. The fourth-order valence-electron chi connectivity index (χ4n) is 4.61. The number of hydrogen-bond donors (Lipinski definition) is 1. The third-order valence-electron chi connectivity index (χ3n) is 6.85. The molecule has 2 N–H and O–H groups in total. The molecule has 1 aliphatic heterocycles. The Balaban J connectivity index is 1.52. The maximum absolute atomic E-state index is 13.1. The Kier molecular flexibility index (Phi) is 5.97. The van der Waals surface area contributed by atoms with Crippen molar-refractivity contribution in [1.82, 2.24) is 8.87 Å². The molecule has 0 spiro atoms. The second kappa shape index (κ2) is 8.56. The molecule has 0 bridgehead atoms. The first-order valence-corrected chi connectivity index (χ1v) is 12.3. The summed E-state index contributed by atoms with van der Waals surface area (Å²) in [5.41, 5.74) is 7.80. The molecule has 2 atom stereocenters. The number of primary amides is 1. The summed E-state index contributed by atoms with van der Waals surface area (Å²) < 4.78 is 27.6. The Bertz CT molecular complexity index is 1220. The Morgan fingerprint density at radius 2 is 1.84 bits per heavy atom. The van der Waals surface area contributed by atoms with Crippen molar-refractivity contribution in [1.29, 1.82) is 0 Å². The lowest BCUT2D eigenvalue weighted by Crippen LogP contribution is -2.47. The predicted octanol–water partition coefficient (Wildman–Crippen LogP) is 3.62. The highest BCUT2D eigenvalue weighted by molar-refractivity contribution is 7.90. The van der Waals surface area contributed by atoms with Crippen LogP contribution in [0.3, 0.4) is 0 Å². The number of nitrogens with zero attached hydrogens (tertiary/aromatic N) is 2. The van der Waals surface area contributed by atoms with Gasteiger partial charge in [0.25, 0.3) is 10.0 Å². The number of aromatic nitrogens is 1. The molecule has 7 heteroatoms. The van der Waals surface area contributed by atoms with E-state index in [1.807, 2.05) is 18.2 Å². The topological polar surface area (TPSA) is 85.4 Å². The van der Waals surface area contributed by atoms with Crippen LogP contribution in [0.25, 0.3) is 0 Å². The summed E-state index contributed by atoms with van der Waals surface area (Å²) in [6, 6.07) is 19.8. The Morgan fingerprint density at radius 1 is 1.09 bits per heavy atom. The standard InChI is InChI=1S/C25H29N3O3S/c1-19-17-27(15-13-25(19,2)21-9-6-8-20(16-21)24(26)29)18-22-10-7-14-28(22)32(30,31)23-11-4-3-5-12-23/h3-12,14,16,19H,13,15,17-18H2,1-2H3,(H2,26,29)/t19-,25+/m0/s1. The van der Waals surface area contributed by atoms with Gasteiger partial charge in [-0.3, -0.25) is 9.69 Å². The molecule has 4 rings (SSSR count). The summed E-state index contributed by atoms with van der Waals surface area (Å²) in [5.74, 6) is -0.102. The number of carbonyl (C=O) groups is 1. The SMILES string of the molecule is C[C@H]1CN(Cc2cccn2S(=O)(=O)c2ccccc2)CC[C@@]1(C)c1cccc(C(N)=O)c1. The van der Waals surface area contributed by atoms with Gasteiger partial charge in [0, 0.05) is 30.5 Å². The van der Waals surface area contributed by atoms with Gasteiger partial charge in [-0.1, -0.05) is 44.2 Å². The zero-order valence-electron chi connectivity index (χ0n) is 18.4. The molecule has 6 nitrogen and oxygen atoms in total. The van der Waals surface area contributed by atoms with E-state index in [4.69, 9.17) is 5.73 Å². The van der Waals surface area contributed by atoms with E-state index in [1.54, 1.807) is 48.7 Å². The fourth-order valence-corrected chi connectivity index (χ4v) is 6.00. The van der Waals surface area contributed by atoms with E-state index in [1.165, 1.54) is 3.97 Å². The van der Waals surface area contributed by atoms with Crippen LogP contribution < -0.4 is 5.73 Å². The van der Waals surface area contributed by atoms with Crippen LogP contribution >= 0.6 is 0 Å². The van der Waals surface area contributed by atoms with Gasteiger partial charge in [-0.15, -0.1) is 0 Å². The van der Waals surface area contributed by atoms with Gasteiger partial charge in [-0.05, 0) is 66.3 Å². The van der Waals surface area contributed by atoms with Gasteiger partial charge in [-0.25, -0.2) is 12.4 Å². The van der Waals surface area contributed by atoms with Crippen molar-refractivity contribution in [2.45, 2.75) is 37.1 Å². The molecule has 0 saturated carbocycles. The molecule has 0 radical (unpaired) electrons. The van der Waals surface area contributed by atoms with Gasteiger partial charge >= 0.3 is 0 Å². The van der Waals surface area contributed by atoms with E-state index in [0.717, 1.165) is 30.8 Å². The lowest BCUT2D eigenvalue weighted by Gasteiger charge is -2.45. The van der Waals surface area contributed by atoms with Crippen LogP contribution in [-0.4, -0.2) is 36.3 Å². The number of carbonyl (C=O) groups excluding carboxylic acids is 1. The molecular formula is C25H29N3O3S. The minimum Gasteiger partial charge on any atom is -0.366 e. The van der Waals surface area contributed by atoms with Crippen LogP contribution in [0.4, 0.5) is 0 Å². The van der Waals surface area contributed by atoms with Crippen molar-refractivity contribution in [2.75, 3.05) is 13.1 Å². The maximum atomic E-state index is 13.1. The number of amides is 1. The molecule has 1 aromatic heterocycles. The van der Waals surface area contributed by atoms with Crippen molar-refractivity contribution >= 4 is 15.9 Å². The molecule has 1 fully saturated rings. The third-order valence-corrected chi connectivity index (χ3v) is 8.59. The van der Waals surface area contributed by atoms with Gasteiger partial charge < -0.3 is 5.73 Å². The number of hydrogen-bond acceptors (Lipinski definition) is 4. The smallest absolute Gasteiger partial charge is 0.267 e. The zero-order chi connectivity index (χ0) is 22.9. The molecule has 3 aromatic rings. The molecule has 0 unspecified atom stereocenters. The van der Waals surface area contributed by atoms with Crippen molar-refractivity contribution in [2.24, 2.45) is 11.7 Å². The number of rotatable bonds is 6. The molecule has 2 heterocycles. The Labute approximate surface area is 189 Å². The lowest BCUT2D eigenvalue weighted by atomic mass is 9.68. The molecule has 2 aromatic carbocycles. The number of benzene rings is 2. The normalized spacial score (nSPS) is 22.0. The average molecular weight is 452 g/mol. The van der Waals surface area contributed by atoms with Crippen molar-refractivity contribution in [3.63, 3.8) is 0 Å². The van der Waals surface area contributed by atoms with Crippen LogP contribution in [0.1, 0.15) is 41.9 Å². The summed E-state index contributed by atoms with van der Waals surface area (Å²) in [4.78, 5) is 14.2. The van der Waals surface area contributed by atoms with E-state index < -0.39 is 15.9 Å². The number of nitrogens with two attached hydrogens (primary N) is 1. The van der Waals surface area contributed by atoms with Gasteiger partial charge in [-0.2, -0.15) is 0 Å². The summed E-state index contributed by atoms with van der Waals surface area (Å²) >= 11 is 0. The zero-order valence-corrected chi connectivity index (χ0v) is 19.3. The summed E-state index contributed by atoms with van der Waals surface area (Å²) in [6.45, 7) is 6.66. The van der Waals surface area contributed by atoms with Crippen molar-refractivity contribution in [3.05, 3.63) is 89.7 Å². The molecule has 1 saturated heterocycles. The first-order valence-electron chi connectivity index (χ1n) is 10.8. The lowest BCUT2D eigenvalue weighted by molar-refractivity contribution is 0.0994. The van der Waals surface area contributed by atoms with Crippen LogP contribution in [0.2, 0.25) is 0 Å². The van der Waals surface area contributed by atoms with E-state index in [2.05, 4.69) is 24.8 Å². The highest BCUT2D eigenvalue weighted by Gasteiger charge is 2.38. The van der Waals surface area contributed by atoms with Crippen LogP contribution in [0.5, 0.6) is 0 Å². The van der Waals surface area contributed by atoms with E-state index >= 15 is 0 Å². The van der Waals surface area contributed by atoms with Crippen molar-refractivity contribution < 1.29 is 13.2 Å². The van der Waals surface area contributed by atoms with E-state index in [9.17, 15) is 13.2 Å².